The normalized spacial score (nSPS) is 12.5. The molecule has 0 spiro atoms. The zero-order valence-corrected chi connectivity index (χ0v) is 16.3. The van der Waals surface area contributed by atoms with E-state index in [1.807, 2.05) is 19.9 Å². The molecule has 0 radical (unpaired) electrons. The molecular weight excluding hydrogens is 391 g/mol. The Morgan fingerprint density at radius 1 is 1.11 bits per heavy atom. The summed E-state index contributed by atoms with van der Waals surface area (Å²) in [5, 5.41) is 1.84. The predicted octanol–water partition coefficient (Wildman–Crippen LogP) is 4.46. The number of hydrogen-bond acceptors (Lipinski definition) is 4. The number of nitrogens with one attached hydrogen (secondary N) is 2. The maximum Gasteiger partial charge on any atom is 0.416 e. The van der Waals surface area contributed by atoms with Crippen LogP contribution in [0.25, 0.3) is 0 Å². The van der Waals surface area contributed by atoms with Crippen molar-refractivity contribution in [2.24, 2.45) is 0 Å². The van der Waals surface area contributed by atoms with E-state index in [1.54, 1.807) is 18.2 Å². The molecule has 1 atom stereocenters. The first kappa shape index (κ1) is 21.7. The second-order valence-corrected chi connectivity index (χ2v) is 7.07. The maximum absolute atomic E-state index is 13.2. The standard InChI is InChI=1S/C19H20F3N3O2S/c1-11(2)13-6-4-5-7-14(13)16(17(26)25-28-18(27)23-3)15-10-12(8-9-24-15)19(20,21)22/h4-11,16H,1-3H3,(H,23,27)(H,25,26). The molecule has 28 heavy (non-hydrogen) atoms. The number of halogens is 3. The molecular formula is C19H20F3N3O2S. The number of rotatable bonds is 4. The van der Waals surface area contributed by atoms with Crippen LogP contribution in [0.1, 0.15) is 48.1 Å². The van der Waals surface area contributed by atoms with Crippen molar-refractivity contribution in [1.82, 2.24) is 15.0 Å². The van der Waals surface area contributed by atoms with E-state index in [2.05, 4.69) is 15.0 Å². The molecule has 0 aliphatic heterocycles. The first-order chi connectivity index (χ1) is 13.1. The Morgan fingerprint density at radius 2 is 1.75 bits per heavy atom. The molecule has 150 valence electrons. The summed E-state index contributed by atoms with van der Waals surface area (Å²) in [7, 11) is 1.40. The summed E-state index contributed by atoms with van der Waals surface area (Å²) in [6, 6.07) is 8.73. The maximum atomic E-state index is 13.2. The zero-order valence-electron chi connectivity index (χ0n) is 15.5. The van der Waals surface area contributed by atoms with Crippen molar-refractivity contribution in [3.8, 4) is 0 Å². The lowest BCUT2D eigenvalue weighted by Crippen LogP contribution is -2.29. The summed E-state index contributed by atoms with van der Waals surface area (Å²) >= 11 is 0.527. The predicted molar refractivity (Wildman–Crippen MR) is 102 cm³/mol. The Balaban J connectivity index is 2.55. The summed E-state index contributed by atoms with van der Waals surface area (Å²) < 4.78 is 41.9. The van der Waals surface area contributed by atoms with Gasteiger partial charge in [0.2, 0.25) is 5.91 Å². The Morgan fingerprint density at radius 3 is 2.32 bits per heavy atom. The highest BCUT2D eigenvalue weighted by Gasteiger charge is 2.34. The Bertz CT molecular complexity index is 856. The smallest absolute Gasteiger partial charge is 0.349 e. The molecule has 0 fully saturated rings. The molecule has 1 aromatic carbocycles. The minimum absolute atomic E-state index is 0.0314. The molecule has 0 saturated carbocycles. The van der Waals surface area contributed by atoms with Crippen LogP contribution in [0.5, 0.6) is 0 Å². The van der Waals surface area contributed by atoms with Crippen LogP contribution >= 0.6 is 11.9 Å². The van der Waals surface area contributed by atoms with Gasteiger partial charge in [0.25, 0.3) is 5.24 Å². The molecule has 2 rings (SSSR count). The minimum Gasteiger partial charge on any atom is -0.349 e. The van der Waals surface area contributed by atoms with E-state index >= 15 is 0 Å². The monoisotopic (exact) mass is 411 g/mol. The fourth-order valence-corrected chi connectivity index (χ4v) is 3.14. The summed E-state index contributed by atoms with van der Waals surface area (Å²) in [5.74, 6) is -1.70. The fraction of sp³-hybridized carbons (Fsp3) is 0.316. The van der Waals surface area contributed by atoms with Crippen molar-refractivity contribution in [2.75, 3.05) is 7.05 Å². The lowest BCUT2D eigenvalue weighted by Gasteiger charge is -2.21. The number of nitrogens with zero attached hydrogens (tertiary/aromatic N) is 1. The number of amides is 2. The molecule has 9 heteroatoms. The topological polar surface area (TPSA) is 71.1 Å². The van der Waals surface area contributed by atoms with Crippen molar-refractivity contribution >= 4 is 23.1 Å². The molecule has 0 aliphatic rings. The second-order valence-electron chi connectivity index (χ2n) is 6.29. The van der Waals surface area contributed by atoms with E-state index in [-0.39, 0.29) is 11.6 Å². The lowest BCUT2D eigenvalue weighted by atomic mass is 9.86. The average Bonchev–Trinajstić information content (AvgIpc) is 2.66. The van der Waals surface area contributed by atoms with Gasteiger partial charge in [-0.1, -0.05) is 38.1 Å². The number of hydrogen-bond donors (Lipinski definition) is 2. The van der Waals surface area contributed by atoms with Gasteiger partial charge in [-0.3, -0.25) is 19.3 Å². The highest BCUT2D eigenvalue weighted by molar-refractivity contribution is 8.12. The Labute approximate surface area is 165 Å². The van der Waals surface area contributed by atoms with Crippen LogP contribution in [-0.4, -0.2) is 23.2 Å². The Hall–Kier alpha value is -2.55. The van der Waals surface area contributed by atoms with Crippen LogP contribution in [0, 0.1) is 0 Å². The van der Waals surface area contributed by atoms with Gasteiger partial charge in [0.1, 0.15) is 5.92 Å². The van der Waals surface area contributed by atoms with E-state index in [0.717, 1.165) is 23.9 Å². The van der Waals surface area contributed by atoms with E-state index in [1.165, 1.54) is 7.05 Å². The van der Waals surface area contributed by atoms with Crippen molar-refractivity contribution in [1.29, 1.82) is 0 Å². The van der Waals surface area contributed by atoms with Gasteiger partial charge in [-0.15, -0.1) is 0 Å². The Kier molecular flexibility index (Phi) is 7.06. The van der Waals surface area contributed by atoms with Crippen LogP contribution in [0.4, 0.5) is 18.0 Å². The minimum atomic E-state index is -4.56. The second kappa shape index (κ2) is 9.09. The highest BCUT2D eigenvalue weighted by atomic mass is 32.2. The van der Waals surface area contributed by atoms with Crippen molar-refractivity contribution in [3.63, 3.8) is 0 Å². The molecule has 2 N–H and O–H groups in total. The van der Waals surface area contributed by atoms with Crippen LogP contribution in [-0.2, 0) is 11.0 Å². The van der Waals surface area contributed by atoms with Gasteiger partial charge in [0, 0.05) is 13.2 Å². The molecule has 1 aromatic heterocycles. The number of benzene rings is 1. The molecule has 1 unspecified atom stereocenters. The third kappa shape index (κ3) is 5.25. The zero-order chi connectivity index (χ0) is 20.9. The SMILES string of the molecule is CNC(=O)SNC(=O)C(c1cc(C(F)(F)F)ccn1)c1ccccc1C(C)C. The number of carbonyl (C=O) groups is 2. The molecule has 0 bridgehead atoms. The van der Waals surface area contributed by atoms with E-state index in [0.29, 0.717) is 17.5 Å². The van der Waals surface area contributed by atoms with Gasteiger partial charge in [0.05, 0.1) is 23.2 Å². The number of pyridine rings is 1. The van der Waals surface area contributed by atoms with Crippen molar-refractivity contribution in [2.45, 2.75) is 31.9 Å². The fourth-order valence-electron chi connectivity index (χ4n) is 2.72. The van der Waals surface area contributed by atoms with E-state index in [9.17, 15) is 22.8 Å². The lowest BCUT2D eigenvalue weighted by molar-refractivity contribution is -0.137. The molecule has 0 aliphatic carbocycles. The van der Waals surface area contributed by atoms with Crippen LogP contribution in [0.2, 0.25) is 0 Å². The summed E-state index contributed by atoms with van der Waals surface area (Å²) in [6.45, 7) is 3.85. The highest BCUT2D eigenvalue weighted by Crippen LogP contribution is 2.34. The van der Waals surface area contributed by atoms with Gasteiger partial charge in [-0.05, 0) is 29.2 Å². The van der Waals surface area contributed by atoms with Gasteiger partial charge in [-0.2, -0.15) is 13.2 Å². The van der Waals surface area contributed by atoms with Gasteiger partial charge < -0.3 is 5.32 Å². The average molecular weight is 411 g/mol. The third-order valence-corrected chi connectivity index (χ3v) is 4.74. The summed E-state index contributed by atoms with van der Waals surface area (Å²) in [4.78, 5) is 28.3. The molecule has 2 amide bonds. The largest absolute Gasteiger partial charge is 0.416 e. The van der Waals surface area contributed by atoms with Crippen molar-refractivity contribution in [3.05, 3.63) is 65.0 Å². The molecule has 2 aromatic rings. The summed E-state index contributed by atoms with van der Waals surface area (Å²) in [5.41, 5.74) is 0.417. The van der Waals surface area contributed by atoms with Gasteiger partial charge in [-0.25, -0.2) is 0 Å². The number of alkyl halides is 3. The number of carbonyl (C=O) groups excluding carboxylic acids is 2. The van der Waals surface area contributed by atoms with Gasteiger partial charge in [0.15, 0.2) is 0 Å². The quantitative estimate of drug-likeness (QED) is 0.729. The summed E-state index contributed by atoms with van der Waals surface area (Å²) in [6.07, 6.45) is -3.53. The first-order valence-corrected chi connectivity index (χ1v) is 9.27. The van der Waals surface area contributed by atoms with Crippen LogP contribution in [0.15, 0.2) is 42.6 Å². The molecule has 5 nitrogen and oxygen atoms in total. The third-order valence-electron chi connectivity index (χ3n) is 4.04. The number of aromatic nitrogens is 1. The van der Waals surface area contributed by atoms with E-state index < -0.39 is 28.8 Å². The van der Waals surface area contributed by atoms with Crippen LogP contribution < -0.4 is 10.0 Å². The van der Waals surface area contributed by atoms with Gasteiger partial charge >= 0.3 is 6.18 Å². The van der Waals surface area contributed by atoms with Crippen LogP contribution in [0.3, 0.4) is 0 Å². The molecule has 1 heterocycles. The first-order valence-electron chi connectivity index (χ1n) is 8.45. The molecule has 0 saturated heterocycles. The van der Waals surface area contributed by atoms with Crippen molar-refractivity contribution < 1.29 is 22.8 Å². The van der Waals surface area contributed by atoms with E-state index in [4.69, 9.17) is 0 Å².